The van der Waals surface area contributed by atoms with Crippen LogP contribution in [-0.2, 0) is 38.7 Å². The molecule has 0 unspecified atom stereocenters. The predicted octanol–water partition coefficient (Wildman–Crippen LogP) is 5.11. The third kappa shape index (κ3) is 5.17. The summed E-state index contributed by atoms with van der Waals surface area (Å²) in [7, 11) is -2.97. The van der Waals surface area contributed by atoms with E-state index >= 15 is 0 Å². The lowest BCUT2D eigenvalue weighted by atomic mass is 9.93. The third-order valence-electron chi connectivity index (χ3n) is 7.14. The van der Waals surface area contributed by atoms with Crippen molar-refractivity contribution in [3.05, 3.63) is 40.7 Å². The average Bonchev–Trinajstić information content (AvgIpc) is 3.48. The summed E-state index contributed by atoms with van der Waals surface area (Å²) < 4.78 is 76.6. The van der Waals surface area contributed by atoms with Gasteiger partial charge in [0, 0.05) is 23.2 Å². The van der Waals surface area contributed by atoms with Crippen molar-refractivity contribution in [1.82, 2.24) is 14.1 Å². The molecule has 0 spiro atoms. The Kier molecular flexibility index (Phi) is 7.78. The van der Waals surface area contributed by atoms with Gasteiger partial charge in [-0.05, 0) is 62.6 Å². The lowest BCUT2D eigenvalue weighted by Crippen LogP contribution is -2.34. The zero-order valence-electron chi connectivity index (χ0n) is 20.2. The highest BCUT2D eigenvalue weighted by atomic mass is 32.2. The van der Waals surface area contributed by atoms with E-state index in [1.807, 2.05) is 0 Å². The molecule has 0 amide bonds. The fourth-order valence-electron chi connectivity index (χ4n) is 5.30. The molecule has 1 aromatic heterocycles. The summed E-state index contributed by atoms with van der Waals surface area (Å²) in [5.74, 6) is -0.601. The van der Waals surface area contributed by atoms with Crippen LogP contribution >= 0.6 is 12.6 Å². The fourth-order valence-corrected chi connectivity index (χ4v) is 7.46. The van der Waals surface area contributed by atoms with Gasteiger partial charge in [0.15, 0.2) is 0 Å². The lowest BCUT2D eigenvalue weighted by molar-refractivity contribution is -0.144. The normalized spacial score (nSPS) is 19.0. The Morgan fingerprint density at radius 3 is 2.53 bits per heavy atom. The molecule has 1 saturated carbocycles. The Labute approximate surface area is 214 Å². The van der Waals surface area contributed by atoms with Crippen LogP contribution in [0.25, 0.3) is 0 Å². The topological polar surface area (TPSA) is 81.5 Å². The Bertz CT molecular complexity index is 1240. The molecule has 0 aliphatic heterocycles. The number of fused-ring (bicyclic) bond motifs is 1. The van der Waals surface area contributed by atoms with Crippen LogP contribution in [0.3, 0.4) is 0 Å². The molecule has 1 atom stereocenters. The summed E-state index contributed by atoms with van der Waals surface area (Å²) in [6.07, 6.45) is 1.73. The molecule has 1 fully saturated rings. The van der Waals surface area contributed by atoms with Crippen LogP contribution < -0.4 is 0 Å². The molecule has 4 rings (SSSR count). The van der Waals surface area contributed by atoms with Crippen molar-refractivity contribution in [1.29, 1.82) is 0 Å². The molecule has 198 valence electrons. The zero-order valence-corrected chi connectivity index (χ0v) is 21.9. The number of rotatable bonds is 7. The Hall–Kier alpha value is -2.05. The monoisotopic (exact) mass is 545 g/mol. The first-order chi connectivity index (χ1) is 16.9. The molecule has 7 nitrogen and oxygen atoms in total. The van der Waals surface area contributed by atoms with Gasteiger partial charge in [0.05, 0.1) is 29.3 Å². The summed E-state index contributed by atoms with van der Waals surface area (Å²) in [5, 5.41) is 4.27. The first kappa shape index (κ1) is 27.0. The van der Waals surface area contributed by atoms with Crippen LogP contribution in [0.2, 0.25) is 0 Å². The number of halogens is 3. The van der Waals surface area contributed by atoms with Crippen molar-refractivity contribution >= 4 is 28.6 Å². The maximum atomic E-state index is 13.8. The van der Waals surface area contributed by atoms with Crippen molar-refractivity contribution in [2.24, 2.45) is 0 Å². The maximum absolute atomic E-state index is 13.8. The molecule has 2 aromatic rings. The highest BCUT2D eigenvalue weighted by Crippen LogP contribution is 2.44. The number of carbonyl (C=O) groups is 1. The zero-order chi connectivity index (χ0) is 26.3. The number of ether oxygens (including phenoxy) is 1. The number of thiol groups is 1. The average molecular weight is 546 g/mol. The van der Waals surface area contributed by atoms with Crippen LogP contribution in [0.4, 0.5) is 13.2 Å². The van der Waals surface area contributed by atoms with Crippen molar-refractivity contribution < 1.29 is 31.1 Å². The van der Waals surface area contributed by atoms with Crippen molar-refractivity contribution in [3.8, 4) is 0 Å². The molecular formula is C24H30F3N3O4S2. The minimum Gasteiger partial charge on any atom is -0.465 e. The van der Waals surface area contributed by atoms with Gasteiger partial charge in [-0.2, -0.15) is 22.6 Å². The fraction of sp³-hybridized carbons (Fsp3) is 0.583. The molecule has 1 aromatic carbocycles. The van der Waals surface area contributed by atoms with E-state index in [1.54, 1.807) is 6.92 Å². The minimum absolute atomic E-state index is 0.0794. The van der Waals surface area contributed by atoms with E-state index in [0.717, 1.165) is 28.9 Å². The van der Waals surface area contributed by atoms with Crippen LogP contribution in [0.15, 0.2) is 28.1 Å². The second kappa shape index (κ2) is 10.4. The van der Waals surface area contributed by atoms with Gasteiger partial charge in [0.25, 0.3) is 0 Å². The minimum atomic E-state index is -4.69. The van der Waals surface area contributed by atoms with Crippen molar-refractivity contribution in [3.63, 3.8) is 0 Å². The maximum Gasteiger partial charge on any atom is 0.416 e. The number of sulfonamides is 1. The van der Waals surface area contributed by atoms with Gasteiger partial charge >= 0.3 is 12.1 Å². The molecule has 1 heterocycles. The van der Waals surface area contributed by atoms with Gasteiger partial charge < -0.3 is 4.74 Å². The Morgan fingerprint density at radius 2 is 1.89 bits per heavy atom. The summed E-state index contributed by atoms with van der Waals surface area (Å²) in [4.78, 5) is 11.6. The lowest BCUT2D eigenvalue weighted by Gasteiger charge is -2.31. The quantitative estimate of drug-likeness (QED) is 0.386. The first-order valence-corrected chi connectivity index (χ1v) is 14.0. The van der Waals surface area contributed by atoms with Gasteiger partial charge in [0.2, 0.25) is 10.0 Å². The van der Waals surface area contributed by atoms with E-state index in [0.29, 0.717) is 49.3 Å². The molecule has 36 heavy (non-hydrogen) atoms. The second-order valence-electron chi connectivity index (χ2n) is 9.33. The molecule has 2 aliphatic rings. The SMILES string of the molecule is CCOC(=O)Cn1ncc2c1CCC[C@H]2N(C)S(=O)(=O)c1cc(C(F)(F)F)cc(C2CCCC2)c1S. The van der Waals surface area contributed by atoms with Gasteiger partial charge in [-0.15, -0.1) is 12.6 Å². The number of nitrogens with zero attached hydrogens (tertiary/aromatic N) is 3. The molecule has 0 bridgehead atoms. The predicted molar refractivity (Wildman–Crippen MR) is 129 cm³/mol. The van der Waals surface area contributed by atoms with E-state index in [1.165, 1.54) is 17.9 Å². The summed E-state index contributed by atoms with van der Waals surface area (Å²) in [5.41, 5.74) is 0.716. The summed E-state index contributed by atoms with van der Waals surface area (Å²) in [6.45, 7) is 1.84. The number of carbonyl (C=O) groups excluding carboxylic acids is 1. The third-order valence-corrected chi connectivity index (χ3v) is 9.68. The number of esters is 1. The largest absolute Gasteiger partial charge is 0.465 e. The van der Waals surface area contributed by atoms with Crippen LogP contribution in [0.1, 0.15) is 79.8 Å². The summed E-state index contributed by atoms with van der Waals surface area (Å²) in [6, 6.07) is 1.11. The molecule has 0 N–H and O–H groups in total. The summed E-state index contributed by atoms with van der Waals surface area (Å²) >= 11 is 4.46. The highest BCUT2D eigenvalue weighted by Gasteiger charge is 2.39. The Morgan fingerprint density at radius 1 is 1.19 bits per heavy atom. The van der Waals surface area contributed by atoms with E-state index in [-0.39, 0.29) is 24.0 Å². The standard InChI is InChI=1S/C24H30F3N3O4S2/c1-3-34-22(31)14-30-20-10-6-9-19(18(20)13-28-30)29(2)36(32,33)21-12-16(24(25,26)27)11-17(23(21)35)15-7-4-5-8-15/h11-13,15,19,35H,3-10,14H2,1-2H3/t19-/m1/s1. The number of hydrogen-bond donors (Lipinski definition) is 1. The van der Waals surface area contributed by atoms with Gasteiger partial charge in [-0.1, -0.05) is 12.8 Å². The van der Waals surface area contributed by atoms with Crippen LogP contribution in [0, 0.1) is 0 Å². The van der Waals surface area contributed by atoms with Crippen molar-refractivity contribution in [2.75, 3.05) is 13.7 Å². The van der Waals surface area contributed by atoms with E-state index in [2.05, 4.69) is 17.7 Å². The number of hydrogen-bond acceptors (Lipinski definition) is 6. The number of alkyl halides is 3. The number of aromatic nitrogens is 2. The highest BCUT2D eigenvalue weighted by molar-refractivity contribution is 7.90. The van der Waals surface area contributed by atoms with Crippen molar-refractivity contribution in [2.45, 2.75) is 86.3 Å². The molecule has 12 heteroatoms. The number of benzene rings is 1. The molecule has 0 saturated heterocycles. The van der Waals surface area contributed by atoms with E-state index < -0.39 is 38.7 Å². The smallest absolute Gasteiger partial charge is 0.416 e. The van der Waals surface area contributed by atoms with Gasteiger partial charge in [-0.25, -0.2) is 8.42 Å². The van der Waals surface area contributed by atoms with Gasteiger partial charge in [-0.3, -0.25) is 9.48 Å². The van der Waals surface area contributed by atoms with E-state index in [4.69, 9.17) is 4.74 Å². The van der Waals surface area contributed by atoms with Gasteiger partial charge in [0.1, 0.15) is 6.54 Å². The molecule has 2 aliphatic carbocycles. The van der Waals surface area contributed by atoms with Crippen LogP contribution in [-0.4, -0.2) is 42.1 Å². The first-order valence-electron chi connectivity index (χ1n) is 12.1. The Balaban J connectivity index is 1.73. The van der Waals surface area contributed by atoms with Crippen LogP contribution in [0.5, 0.6) is 0 Å². The molecule has 0 radical (unpaired) electrons. The molecular weight excluding hydrogens is 515 g/mol. The van der Waals surface area contributed by atoms with E-state index in [9.17, 15) is 26.4 Å². The second-order valence-corrected chi connectivity index (χ2v) is 11.7.